The lowest BCUT2D eigenvalue weighted by molar-refractivity contribution is 0.102. The lowest BCUT2D eigenvalue weighted by atomic mass is 10.2. The fourth-order valence-electron chi connectivity index (χ4n) is 2.12. The average molecular weight is 334 g/mol. The molecule has 4 aromatic rings. The Labute approximate surface area is 140 Å². The SMILES string of the molecule is O=C(Nc1cc(-n2cncn2)ncn1)c1cccc(-n2cnnn2)c1. The Morgan fingerprint density at radius 1 is 1.04 bits per heavy atom. The van der Waals surface area contributed by atoms with Gasteiger partial charge in [0.05, 0.1) is 5.69 Å². The second-order valence-corrected chi connectivity index (χ2v) is 4.86. The van der Waals surface area contributed by atoms with E-state index in [0.717, 1.165) is 0 Å². The first kappa shape index (κ1) is 14.6. The Bertz CT molecular complexity index is 996. The largest absolute Gasteiger partial charge is 0.306 e. The molecule has 122 valence electrons. The summed E-state index contributed by atoms with van der Waals surface area (Å²) in [6.45, 7) is 0. The predicted molar refractivity (Wildman–Crippen MR) is 84.1 cm³/mol. The van der Waals surface area contributed by atoms with Gasteiger partial charge in [-0.2, -0.15) is 5.10 Å². The molecule has 0 unspecified atom stereocenters. The highest BCUT2D eigenvalue weighted by atomic mass is 16.1. The number of amides is 1. The van der Waals surface area contributed by atoms with Crippen LogP contribution in [0.25, 0.3) is 11.5 Å². The first-order valence-electron chi connectivity index (χ1n) is 7.11. The molecule has 0 bridgehead atoms. The number of nitrogens with zero attached hydrogens (tertiary/aromatic N) is 9. The highest BCUT2D eigenvalue weighted by Crippen LogP contribution is 2.12. The minimum Gasteiger partial charge on any atom is -0.306 e. The number of hydrogen-bond acceptors (Lipinski definition) is 8. The topological polar surface area (TPSA) is 129 Å². The number of tetrazole rings is 1. The van der Waals surface area contributed by atoms with Crippen molar-refractivity contribution < 1.29 is 4.79 Å². The molecular weight excluding hydrogens is 324 g/mol. The molecule has 3 aromatic heterocycles. The molecule has 0 aliphatic heterocycles. The third-order valence-electron chi connectivity index (χ3n) is 3.27. The molecule has 0 spiro atoms. The van der Waals surface area contributed by atoms with Gasteiger partial charge >= 0.3 is 0 Å². The molecule has 0 aliphatic rings. The summed E-state index contributed by atoms with van der Waals surface area (Å²) >= 11 is 0. The number of nitrogens with one attached hydrogen (secondary N) is 1. The molecule has 0 aliphatic carbocycles. The summed E-state index contributed by atoms with van der Waals surface area (Å²) in [6.07, 6.45) is 5.68. The van der Waals surface area contributed by atoms with Gasteiger partial charge in [0.2, 0.25) is 0 Å². The second kappa shape index (κ2) is 6.23. The summed E-state index contributed by atoms with van der Waals surface area (Å²) in [7, 11) is 0. The number of aromatic nitrogens is 9. The highest BCUT2D eigenvalue weighted by molar-refractivity contribution is 6.04. The van der Waals surface area contributed by atoms with Gasteiger partial charge in [0.25, 0.3) is 5.91 Å². The van der Waals surface area contributed by atoms with Crippen LogP contribution in [0.15, 0.2) is 55.6 Å². The van der Waals surface area contributed by atoms with Gasteiger partial charge in [0, 0.05) is 11.6 Å². The van der Waals surface area contributed by atoms with Crippen molar-refractivity contribution >= 4 is 11.7 Å². The summed E-state index contributed by atoms with van der Waals surface area (Å²) in [5.74, 6) is 0.515. The van der Waals surface area contributed by atoms with Crippen LogP contribution in [0.5, 0.6) is 0 Å². The molecule has 0 saturated carbocycles. The van der Waals surface area contributed by atoms with Crippen molar-refractivity contribution in [3.63, 3.8) is 0 Å². The molecule has 3 heterocycles. The molecule has 25 heavy (non-hydrogen) atoms. The molecule has 0 radical (unpaired) electrons. The lowest BCUT2D eigenvalue weighted by Crippen LogP contribution is -2.14. The number of anilines is 1. The standard InChI is InChI=1S/C14H10N10O/c25-14(10-2-1-3-11(4-10)23-9-18-21-22-23)20-12-5-13(17-7-16-12)24-8-15-6-19-24/h1-9H,(H,16,17,20,25). The smallest absolute Gasteiger partial charge is 0.256 e. The third kappa shape index (κ3) is 3.06. The zero-order chi connectivity index (χ0) is 17.1. The Balaban J connectivity index is 1.57. The van der Waals surface area contributed by atoms with Gasteiger partial charge in [0.1, 0.15) is 31.1 Å². The van der Waals surface area contributed by atoms with Gasteiger partial charge < -0.3 is 5.32 Å². The lowest BCUT2D eigenvalue weighted by Gasteiger charge is -2.07. The quantitative estimate of drug-likeness (QED) is 0.563. The van der Waals surface area contributed by atoms with Crippen molar-refractivity contribution in [2.24, 2.45) is 0 Å². The normalized spacial score (nSPS) is 10.6. The van der Waals surface area contributed by atoms with E-state index in [0.29, 0.717) is 22.9 Å². The van der Waals surface area contributed by atoms with Crippen molar-refractivity contribution in [1.29, 1.82) is 0 Å². The Kier molecular flexibility index (Phi) is 3.63. The van der Waals surface area contributed by atoms with Gasteiger partial charge in [0.15, 0.2) is 5.82 Å². The fourth-order valence-corrected chi connectivity index (χ4v) is 2.12. The van der Waals surface area contributed by atoms with Crippen LogP contribution in [0.1, 0.15) is 10.4 Å². The Morgan fingerprint density at radius 3 is 2.80 bits per heavy atom. The summed E-state index contributed by atoms with van der Waals surface area (Å²) in [5.41, 5.74) is 1.11. The van der Waals surface area contributed by atoms with E-state index in [2.05, 4.69) is 40.9 Å². The zero-order valence-corrected chi connectivity index (χ0v) is 12.6. The van der Waals surface area contributed by atoms with Crippen LogP contribution in [-0.4, -0.2) is 50.8 Å². The first-order chi connectivity index (χ1) is 12.3. The van der Waals surface area contributed by atoms with Crippen LogP contribution in [0.4, 0.5) is 5.82 Å². The predicted octanol–water partition coefficient (Wildman–Crippen LogP) is 0.285. The van der Waals surface area contributed by atoms with E-state index in [9.17, 15) is 4.79 Å². The van der Waals surface area contributed by atoms with Crippen molar-refractivity contribution in [2.45, 2.75) is 0 Å². The van der Waals surface area contributed by atoms with Gasteiger partial charge in [-0.1, -0.05) is 6.07 Å². The van der Waals surface area contributed by atoms with E-state index < -0.39 is 0 Å². The first-order valence-corrected chi connectivity index (χ1v) is 7.11. The number of rotatable bonds is 4. The molecule has 1 amide bonds. The average Bonchev–Trinajstić information content (AvgIpc) is 3.36. The number of benzene rings is 1. The molecule has 0 saturated heterocycles. The van der Waals surface area contributed by atoms with Crippen LogP contribution in [-0.2, 0) is 0 Å². The number of carbonyl (C=O) groups is 1. The molecule has 11 heteroatoms. The molecule has 0 fully saturated rings. The van der Waals surface area contributed by atoms with Crippen LogP contribution >= 0.6 is 0 Å². The summed E-state index contributed by atoms with van der Waals surface area (Å²) in [5, 5.41) is 17.7. The van der Waals surface area contributed by atoms with Crippen LogP contribution < -0.4 is 5.32 Å². The maximum absolute atomic E-state index is 12.5. The maximum atomic E-state index is 12.5. The van der Waals surface area contributed by atoms with Crippen molar-refractivity contribution in [2.75, 3.05) is 5.32 Å². The molecule has 1 aromatic carbocycles. The molecular formula is C14H10N10O. The van der Waals surface area contributed by atoms with E-state index in [1.54, 1.807) is 30.3 Å². The van der Waals surface area contributed by atoms with Gasteiger partial charge in [-0.3, -0.25) is 4.79 Å². The maximum Gasteiger partial charge on any atom is 0.256 e. The zero-order valence-electron chi connectivity index (χ0n) is 12.6. The van der Waals surface area contributed by atoms with E-state index in [1.807, 2.05) is 0 Å². The summed E-state index contributed by atoms with van der Waals surface area (Å²) in [6, 6.07) is 8.49. The fraction of sp³-hybridized carbons (Fsp3) is 0. The highest BCUT2D eigenvalue weighted by Gasteiger charge is 2.10. The summed E-state index contributed by atoms with van der Waals surface area (Å²) < 4.78 is 2.93. The molecule has 11 nitrogen and oxygen atoms in total. The van der Waals surface area contributed by atoms with Crippen LogP contribution in [0.2, 0.25) is 0 Å². The minimum absolute atomic E-state index is 0.321. The van der Waals surface area contributed by atoms with E-state index >= 15 is 0 Å². The third-order valence-corrected chi connectivity index (χ3v) is 3.27. The monoisotopic (exact) mass is 334 g/mol. The van der Waals surface area contributed by atoms with Crippen molar-refractivity contribution in [1.82, 2.24) is 44.9 Å². The van der Waals surface area contributed by atoms with E-state index in [1.165, 1.54) is 34.7 Å². The van der Waals surface area contributed by atoms with Crippen LogP contribution in [0, 0.1) is 0 Å². The second-order valence-electron chi connectivity index (χ2n) is 4.86. The van der Waals surface area contributed by atoms with Crippen LogP contribution in [0.3, 0.4) is 0 Å². The Morgan fingerprint density at radius 2 is 2.00 bits per heavy atom. The molecule has 4 rings (SSSR count). The van der Waals surface area contributed by atoms with Gasteiger partial charge in [-0.05, 0) is 28.6 Å². The minimum atomic E-state index is -0.321. The molecule has 1 N–H and O–H groups in total. The van der Waals surface area contributed by atoms with Gasteiger partial charge in [-0.25, -0.2) is 24.3 Å². The Hall–Kier alpha value is -4.02. The van der Waals surface area contributed by atoms with Crippen molar-refractivity contribution in [3.05, 3.63) is 61.2 Å². The molecule has 0 atom stereocenters. The van der Waals surface area contributed by atoms with Gasteiger partial charge in [-0.15, -0.1) is 5.10 Å². The van der Waals surface area contributed by atoms with Crippen molar-refractivity contribution in [3.8, 4) is 11.5 Å². The summed E-state index contributed by atoms with van der Waals surface area (Å²) in [4.78, 5) is 24.5. The number of carbonyl (C=O) groups excluding carboxylic acids is 1. The number of hydrogen-bond donors (Lipinski definition) is 1. The van der Waals surface area contributed by atoms with E-state index in [4.69, 9.17) is 0 Å². The van der Waals surface area contributed by atoms with E-state index in [-0.39, 0.29) is 5.91 Å².